The highest BCUT2D eigenvalue weighted by Gasteiger charge is 2.31. The fourth-order valence-corrected chi connectivity index (χ4v) is 4.46. The van der Waals surface area contributed by atoms with E-state index in [9.17, 15) is 9.00 Å². The molecule has 0 amide bonds. The Bertz CT molecular complexity index is 1520. The maximum atomic E-state index is 13.4. The van der Waals surface area contributed by atoms with Gasteiger partial charge in [0, 0.05) is 31.0 Å². The van der Waals surface area contributed by atoms with Gasteiger partial charge in [-0.25, -0.2) is 29.9 Å². The first kappa shape index (κ1) is 23.9. The average Bonchev–Trinajstić information content (AvgIpc) is 3.72. The summed E-state index contributed by atoms with van der Waals surface area (Å²) in [5, 5.41) is 3.61. The van der Waals surface area contributed by atoms with Gasteiger partial charge < -0.3 is 10.1 Å². The van der Waals surface area contributed by atoms with Crippen LogP contribution in [0.2, 0.25) is 0 Å². The zero-order chi connectivity index (χ0) is 25.4. The van der Waals surface area contributed by atoms with Crippen LogP contribution in [0.15, 0.2) is 40.7 Å². The Kier molecular flexibility index (Phi) is 6.44. The number of hydrogen-bond donors (Lipinski definition) is 1. The molecule has 4 heterocycles. The summed E-state index contributed by atoms with van der Waals surface area (Å²) in [6.07, 6.45) is 8.40. The first-order valence-electron chi connectivity index (χ1n) is 11.6. The van der Waals surface area contributed by atoms with E-state index >= 15 is 0 Å². The molecular weight excluding hydrogens is 480 g/mol. The third-order valence-electron chi connectivity index (χ3n) is 5.92. The molecule has 0 spiro atoms. The summed E-state index contributed by atoms with van der Waals surface area (Å²) in [7, 11) is 0.403. The van der Waals surface area contributed by atoms with Crippen LogP contribution in [-0.4, -0.2) is 52.0 Å². The summed E-state index contributed by atoms with van der Waals surface area (Å²) in [4.78, 5) is 40.2. The molecule has 1 atom stereocenters. The predicted molar refractivity (Wildman–Crippen MR) is 135 cm³/mol. The second-order valence-corrected chi connectivity index (χ2v) is 10.2. The van der Waals surface area contributed by atoms with Crippen molar-refractivity contribution in [3.8, 4) is 17.3 Å². The Balaban J connectivity index is 1.55. The average molecular weight is 507 g/mol. The Labute approximate surface area is 209 Å². The van der Waals surface area contributed by atoms with Crippen LogP contribution < -0.4 is 15.6 Å². The second kappa shape index (κ2) is 9.69. The van der Waals surface area contributed by atoms with E-state index < -0.39 is 10.8 Å². The number of nitrogens with one attached hydrogen (secondary N) is 1. The van der Waals surface area contributed by atoms with Crippen LogP contribution in [0.25, 0.3) is 22.6 Å². The van der Waals surface area contributed by atoms with E-state index in [1.165, 1.54) is 6.33 Å². The first-order chi connectivity index (χ1) is 17.4. The molecule has 0 aliphatic heterocycles. The monoisotopic (exact) mass is 506 g/mol. The van der Waals surface area contributed by atoms with Gasteiger partial charge in [0.1, 0.15) is 22.4 Å². The van der Waals surface area contributed by atoms with E-state index in [1.807, 2.05) is 19.9 Å². The van der Waals surface area contributed by atoms with Gasteiger partial charge in [-0.3, -0.25) is 13.6 Å². The van der Waals surface area contributed by atoms with Gasteiger partial charge in [-0.1, -0.05) is 6.07 Å². The molecule has 0 radical (unpaired) electrons. The van der Waals surface area contributed by atoms with Crippen molar-refractivity contribution in [3.05, 3.63) is 52.5 Å². The number of pyridine rings is 1. The van der Waals surface area contributed by atoms with Crippen molar-refractivity contribution >= 4 is 27.8 Å². The Morgan fingerprint density at radius 3 is 2.58 bits per heavy atom. The van der Waals surface area contributed by atoms with Crippen molar-refractivity contribution in [1.29, 1.82) is 0 Å². The lowest BCUT2D eigenvalue weighted by molar-refractivity contribution is 0.397. The molecule has 11 nitrogen and oxygen atoms in total. The number of ether oxygens (including phenoxy) is 1. The van der Waals surface area contributed by atoms with E-state index in [2.05, 4.69) is 30.2 Å². The molecule has 0 bridgehead atoms. The SMILES string of the molecule is COc1ncnc(C2CC2)c1-c1ncc2nc(NCc3ccc(S(C)=O)nc3)c(=O)n(C(C)C)c2n1. The van der Waals surface area contributed by atoms with Crippen molar-refractivity contribution in [2.75, 3.05) is 18.7 Å². The third kappa shape index (κ3) is 4.55. The van der Waals surface area contributed by atoms with Crippen LogP contribution >= 0.6 is 0 Å². The summed E-state index contributed by atoms with van der Waals surface area (Å²) in [5.74, 6) is 1.32. The summed E-state index contributed by atoms with van der Waals surface area (Å²) in [6, 6.07) is 3.35. The molecule has 1 aliphatic carbocycles. The third-order valence-corrected chi connectivity index (χ3v) is 6.75. The molecule has 12 heteroatoms. The maximum absolute atomic E-state index is 13.4. The van der Waals surface area contributed by atoms with Gasteiger partial charge in [0.05, 0.1) is 29.8 Å². The summed E-state index contributed by atoms with van der Waals surface area (Å²) in [5.41, 5.74) is 2.95. The van der Waals surface area contributed by atoms with E-state index in [0.29, 0.717) is 45.9 Å². The Morgan fingerprint density at radius 2 is 1.94 bits per heavy atom. The number of fused-ring (bicyclic) bond motifs is 1. The molecule has 1 aliphatic rings. The van der Waals surface area contributed by atoms with E-state index in [1.54, 1.807) is 36.4 Å². The summed E-state index contributed by atoms with van der Waals surface area (Å²) < 4.78 is 18.7. The molecule has 1 unspecified atom stereocenters. The molecule has 4 aromatic rings. The largest absolute Gasteiger partial charge is 0.480 e. The maximum Gasteiger partial charge on any atom is 0.295 e. The van der Waals surface area contributed by atoms with Gasteiger partial charge in [0.25, 0.3) is 5.56 Å². The number of nitrogens with zero attached hydrogens (tertiary/aromatic N) is 7. The highest BCUT2D eigenvalue weighted by atomic mass is 32.2. The molecule has 1 saturated carbocycles. The minimum atomic E-state index is -1.15. The van der Waals surface area contributed by atoms with E-state index in [4.69, 9.17) is 9.72 Å². The zero-order valence-electron chi connectivity index (χ0n) is 20.4. The van der Waals surface area contributed by atoms with Crippen molar-refractivity contribution in [2.24, 2.45) is 0 Å². The van der Waals surface area contributed by atoms with Gasteiger partial charge in [-0.2, -0.15) is 0 Å². The van der Waals surface area contributed by atoms with Gasteiger partial charge in [-0.15, -0.1) is 0 Å². The zero-order valence-corrected chi connectivity index (χ0v) is 21.2. The Morgan fingerprint density at radius 1 is 1.14 bits per heavy atom. The molecule has 1 N–H and O–H groups in total. The fraction of sp³-hybridized carbons (Fsp3) is 0.375. The predicted octanol–water partition coefficient (Wildman–Crippen LogP) is 2.85. The highest BCUT2D eigenvalue weighted by Crippen LogP contribution is 2.44. The van der Waals surface area contributed by atoms with Crippen molar-refractivity contribution in [2.45, 2.75) is 50.2 Å². The van der Waals surface area contributed by atoms with Gasteiger partial charge in [0.2, 0.25) is 5.88 Å². The van der Waals surface area contributed by atoms with Crippen LogP contribution in [-0.2, 0) is 17.3 Å². The number of anilines is 1. The van der Waals surface area contributed by atoms with E-state index in [-0.39, 0.29) is 17.4 Å². The van der Waals surface area contributed by atoms with Crippen molar-refractivity contribution in [1.82, 2.24) is 34.5 Å². The van der Waals surface area contributed by atoms with Crippen molar-refractivity contribution in [3.63, 3.8) is 0 Å². The number of aromatic nitrogens is 7. The number of methoxy groups -OCH3 is 1. The standard InChI is InChI=1S/C24H26N8O3S/c1-13(2)32-22-16(30-21(24(32)33)26-10-14-5-8-17(25-9-14)36(4)34)11-27-20(31-22)18-19(15-6-7-15)28-12-29-23(18)35-3/h5,8-9,11-13,15H,6-7,10H2,1-4H3,(H,26,30). The van der Waals surface area contributed by atoms with Gasteiger partial charge in [-0.05, 0) is 38.3 Å². The number of hydrogen-bond acceptors (Lipinski definition) is 10. The lowest BCUT2D eigenvalue weighted by Gasteiger charge is -2.16. The lowest BCUT2D eigenvalue weighted by Crippen LogP contribution is -2.27. The minimum absolute atomic E-state index is 0.177. The van der Waals surface area contributed by atoms with Crippen LogP contribution in [0.1, 0.15) is 49.9 Å². The van der Waals surface area contributed by atoms with Crippen molar-refractivity contribution < 1.29 is 8.95 Å². The van der Waals surface area contributed by atoms with Gasteiger partial charge >= 0.3 is 0 Å². The molecule has 5 rings (SSSR count). The highest BCUT2D eigenvalue weighted by molar-refractivity contribution is 7.84. The van der Waals surface area contributed by atoms with Crippen LogP contribution in [0.5, 0.6) is 5.88 Å². The van der Waals surface area contributed by atoms with Crippen LogP contribution in [0, 0.1) is 0 Å². The molecule has 4 aromatic heterocycles. The summed E-state index contributed by atoms with van der Waals surface area (Å²) in [6.45, 7) is 4.17. The second-order valence-electron chi connectivity index (χ2n) is 8.86. The summed E-state index contributed by atoms with van der Waals surface area (Å²) >= 11 is 0. The molecule has 0 aromatic carbocycles. The fourth-order valence-electron chi connectivity index (χ4n) is 4.00. The molecule has 36 heavy (non-hydrogen) atoms. The molecule has 0 saturated heterocycles. The Hall–Kier alpha value is -3.80. The lowest BCUT2D eigenvalue weighted by atomic mass is 10.1. The topological polar surface area (TPSA) is 138 Å². The van der Waals surface area contributed by atoms with Gasteiger partial charge in [0.15, 0.2) is 17.3 Å². The van der Waals surface area contributed by atoms with Crippen LogP contribution in [0.3, 0.4) is 0 Å². The first-order valence-corrected chi connectivity index (χ1v) is 13.1. The normalized spacial score (nSPS) is 14.2. The smallest absolute Gasteiger partial charge is 0.295 e. The minimum Gasteiger partial charge on any atom is -0.480 e. The molecule has 186 valence electrons. The van der Waals surface area contributed by atoms with Crippen LogP contribution in [0.4, 0.5) is 5.82 Å². The van der Waals surface area contributed by atoms with E-state index in [0.717, 1.165) is 24.1 Å². The quantitative estimate of drug-likeness (QED) is 0.380. The molecular formula is C24H26N8O3S. The number of rotatable bonds is 8. The molecule has 1 fully saturated rings.